The molecule has 1 fully saturated rings. The quantitative estimate of drug-likeness (QED) is 0.718. The maximum absolute atomic E-state index is 12.7. The molecular formula is C14H20ClFN2O. The summed E-state index contributed by atoms with van der Waals surface area (Å²) in [5.41, 5.74) is 0.987. The molecule has 5 heteroatoms. The summed E-state index contributed by atoms with van der Waals surface area (Å²) < 4.78 is 12.7. The molecule has 3 N–H and O–H groups in total. The third-order valence-corrected chi connectivity index (χ3v) is 3.15. The van der Waals surface area contributed by atoms with Crippen molar-refractivity contribution in [3.63, 3.8) is 0 Å². The Balaban J connectivity index is 0.00000180. The van der Waals surface area contributed by atoms with E-state index in [2.05, 4.69) is 10.6 Å². The molecule has 1 aromatic carbocycles. The normalized spacial score (nSPS) is 22.6. The number of rotatable bonds is 5. The molecule has 1 aromatic rings. The van der Waals surface area contributed by atoms with E-state index in [4.69, 9.17) is 0 Å². The van der Waals surface area contributed by atoms with Gasteiger partial charge >= 0.3 is 0 Å². The smallest absolute Gasteiger partial charge is 0.123 e. The summed E-state index contributed by atoms with van der Waals surface area (Å²) in [5, 5.41) is 16.0. The van der Waals surface area contributed by atoms with Gasteiger partial charge in [0.05, 0.1) is 6.10 Å². The molecular weight excluding hydrogens is 267 g/mol. The number of aliphatic hydroxyl groups is 1. The molecule has 1 saturated heterocycles. The number of hydrogen-bond donors (Lipinski definition) is 3. The minimum absolute atomic E-state index is 0. The Hall–Kier alpha value is -0.940. The van der Waals surface area contributed by atoms with Crippen LogP contribution in [0, 0.1) is 11.7 Å². The van der Waals surface area contributed by atoms with Crippen LogP contribution >= 0.6 is 12.4 Å². The summed E-state index contributed by atoms with van der Waals surface area (Å²) in [7, 11) is 0. The van der Waals surface area contributed by atoms with Crippen LogP contribution in [-0.2, 0) is 0 Å². The molecule has 2 unspecified atom stereocenters. The lowest BCUT2D eigenvalue weighted by molar-refractivity contribution is 0.147. The maximum atomic E-state index is 12.7. The Bertz CT molecular complexity index is 397. The summed E-state index contributed by atoms with van der Waals surface area (Å²) in [6, 6.07) is 6.40. The van der Waals surface area contributed by atoms with Crippen molar-refractivity contribution in [2.24, 2.45) is 5.92 Å². The van der Waals surface area contributed by atoms with Gasteiger partial charge in [0.15, 0.2) is 0 Å². The highest BCUT2D eigenvalue weighted by Gasteiger charge is 2.23. The van der Waals surface area contributed by atoms with E-state index in [-0.39, 0.29) is 24.3 Å². The molecule has 0 bridgehead atoms. The molecule has 0 amide bonds. The minimum atomic E-state index is -0.237. The topological polar surface area (TPSA) is 44.3 Å². The van der Waals surface area contributed by atoms with Crippen LogP contribution in [-0.4, -0.2) is 37.4 Å². The van der Waals surface area contributed by atoms with Crippen molar-refractivity contribution in [1.82, 2.24) is 10.6 Å². The van der Waals surface area contributed by atoms with Crippen LogP contribution in [0.1, 0.15) is 5.56 Å². The van der Waals surface area contributed by atoms with E-state index in [0.717, 1.165) is 25.2 Å². The number of nitrogens with one attached hydrogen (secondary N) is 2. The van der Waals surface area contributed by atoms with Gasteiger partial charge in [0, 0.05) is 32.1 Å². The van der Waals surface area contributed by atoms with Crippen molar-refractivity contribution in [1.29, 1.82) is 0 Å². The second-order valence-electron chi connectivity index (χ2n) is 4.60. The first-order chi connectivity index (χ1) is 8.75. The molecule has 0 saturated carbocycles. The van der Waals surface area contributed by atoms with Gasteiger partial charge in [-0.15, -0.1) is 12.4 Å². The van der Waals surface area contributed by atoms with Gasteiger partial charge in [-0.1, -0.05) is 24.3 Å². The standard InChI is InChI=1S/C14H19FN2O.ClH/c15-13-5-3-11(4-6-13)2-1-7-16-8-12-9-17-10-14(12)18;/h1-6,12,14,16-18H,7-10H2;1H/b2-1+;. The Morgan fingerprint density at radius 2 is 2.05 bits per heavy atom. The average molecular weight is 287 g/mol. The predicted octanol–water partition coefficient (Wildman–Crippen LogP) is 1.43. The summed E-state index contributed by atoms with van der Waals surface area (Å²) >= 11 is 0. The first-order valence-electron chi connectivity index (χ1n) is 6.27. The van der Waals surface area contributed by atoms with Crippen molar-refractivity contribution in [3.05, 3.63) is 41.7 Å². The Morgan fingerprint density at radius 3 is 2.68 bits per heavy atom. The van der Waals surface area contributed by atoms with Crippen molar-refractivity contribution in [2.75, 3.05) is 26.2 Å². The van der Waals surface area contributed by atoms with Crippen LogP contribution < -0.4 is 10.6 Å². The SMILES string of the molecule is Cl.OC1CNCC1CNC/C=C/c1ccc(F)cc1. The summed E-state index contributed by atoms with van der Waals surface area (Å²) in [6.45, 7) is 3.12. The molecule has 2 atom stereocenters. The molecule has 19 heavy (non-hydrogen) atoms. The Morgan fingerprint density at radius 1 is 1.32 bits per heavy atom. The Kier molecular flexibility index (Phi) is 7.02. The molecule has 3 nitrogen and oxygen atoms in total. The van der Waals surface area contributed by atoms with Crippen molar-refractivity contribution >= 4 is 18.5 Å². The minimum Gasteiger partial charge on any atom is -0.391 e. The predicted molar refractivity (Wildman–Crippen MR) is 77.9 cm³/mol. The average Bonchev–Trinajstić information content (AvgIpc) is 2.77. The van der Waals surface area contributed by atoms with Gasteiger partial charge in [0.25, 0.3) is 0 Å². The third-order valence-electron chi connectivity index (χ3n) is 3.15. The highest BCUT2D eigenvalue weighted by atomic mass is 35.5. The zero-order valence-corrected chi connectivity index (χ0v) is 11.5. The number of β-amino-alcohol motifs (C(OH)–C–C–N with tert-alkyl or cyclic N) is 1. The van der Waals surface area contributed by atoms with E-state index < -0.39 is 0 Å². The molecule has 1 aliphatic rings. The number of hydrogen-bond acceptors (Lipinski definition) is 3. The molecule has 106 valence electrons. The fourth-order valence-corrected chi connectivity index (χ4v) is 2.05. The number of benzene rings is 1. The summed E-state index contributed by atoms with van der Waals surface area (Å²) in [5.74, 6) is 0.0808. The first kappa shape index (κ1) is 16.1. The zero-order valence-electron chi connectivity index (χ0n) is 10.7. The van der Waals surface area contributed by atoms with E-state index >= 15 is 0 Å². The molecule has 2 rings (SSSR count). The second kappa shape index (κ2) is 8.27. The van der Waals surface area contributed by atoms with Crippen LogP contribution in [0.25, 0.3) is 6.08 Å². The number of halogens is 2. The third kappa shape index (κ3) is 5.28. The van der Waals surface area contributed by atoms with Crippen LogP contribution in [0.3, 0.4) is 0 Å². The fraction of sp³-hybridized carbons (Fsp3) is 0.429. The van der Waals surface area contributed by atoms with E-state index in [9.17, 15) is 9.50 Å². The van der Waals surface area contributed by atoms with E-state index in [1.807, 2.05) is 12.2 Å². The maximum Gasteiger partial charge on any atom is 0.123 e. The monoisotopic (exact) mass is 286 g/mol. The fourth-order valence-electron chi connectivity index (χ4n) is 2.05. The Labute approximate surface area is 119 Å². The van der Waals surface area contributed by atoms with Gasteiger partial charge in [-0.3, -0.25) is 0 Å². The molecule has 0 radical (unpaired) electrons. The summed E-state index contributed by atoms with van der Waals surface area (Å²) in [4.78, 5) is 0. The van der Waals surface area contributed by atoms with Gasteiger partial charge in [0.2, 0.25) is 0 Å². The second-order valence-corrected chi connectivity index (χ2v) is 4.60. The highest BCUT2D eigenvalue weighted by molar-refractivity contribution is 5.85. The zero-order chi connectivity index (χ0) is 12.8. The van der Waals surface area contributed by atoms with E-state index in [1.54, 1.807) is 12.1 Å². The van der Waals surface area contributed by atoms with Crippen molar-refractivity contribution in [3.8, 4) is 0 Å². The van der Waals surface area contributed by atoms with Gasteiger partial charge in [-0.2, -0.15) is 0 Å². The molecule has 0 aromatic heterocycles. The van der Waals surface area contributed by atoms with Crippen molar-refractivity contribution in [2.45, 2.75) is 6.10 Å². The molecule has 1 heterocycles. The van der Waals surface area contributed by atoms with Crippen LogP contribution in [0.4, 0.5) is 4.39 Å². The van der Waals surface area contributed by atoms with Gasteiger partial charge in [-0.05, 0) is 17.7 Å². The molecule has 0 aliphatic carbocycles. The van der Waals surface area contributed by atoms with Gasteiger partial charge < -0.3 is 15.7 Å². The lowest BCUT2D eigenvalue weighted by Gasteiger charge is -2.12. The van der Waals surface area contributed by atoms with E-state index in [1.165, 1.54) is 12.1 Å². The van der Waals surface area contributed by atoms with Crippen molar-refractivity contribution < 1.29 is 9.50 Å². The van der Waals surface area contributed by atoms with Crippen LogP contribution in [0.5, 0.6) is 0 Å². The van der Waals surface area contributed by atoms with Crippen LogP contribution in [0.15, 0.2) is 30.3 Å². The largest absolute Gasteiger partial charge is 0.391 e. The highest BCUT2D eigenvalue weighted by Crippen LogP contribution is 2.07. The van der Waals surface area contributed by atoms with Crippen LogP contribution in [0.2, 0.25) is 0 Å². The first-order valence-corrected chi connectivity index (χ1v) is 6.27. The van der Waals surface area contributed by atoms with Gasteiger partial charge in [0.1, 0.15) is 5.82 Å². The lowest BCUT2D eigenvalue weighted by atomic mass is 10.1. The lowest BCUT2D eigenvalue weighted by Crippen LogP contribution is -2.30. The van der Waals surface area contributed by atoms with Gasteiger partial charge in [-0.25, -0.2) is 4.39 Å². The van der Waals surface area contributed by atoms with E-state index in [0.29, 0.717) is 12.5 Å². The molecule has 1 aliphatic heterocycles. The molecule has 0 spiro atoms. The number of aliphatic hydroxyl groups excluding tert-OH is 1. The summed E-state index contributed by atoms with van der Waals surface area (Å²) in [6.07, 6.45) is 3.72.